The summed E-state index contributed by atoms with van der Waals surface area (Å²) in [7, 11) is -0.794. The van der Waals surface area contributed by atoms with E-state index in [0.717, 1.165) is 10.7 Å². The van der Waals surface area contributed by atoms with Gasteiger partial charge < -0.3 is 10.2 Å². The lowest BCUT2D eigenvalue weighted by Gasteiger charge is -2.35. The van der Waals surface area contributed by atoms with E-state index in [1.165, 1.54) is 20.2 Å². The van der Waals surface area contributed by atoms with Gasteiger partial charge in [-0.3, -0.25) is 9.59 Å². The third-order valence-electron chi connectivity index (χ3n) is 6.20. The SMILES string of the molecule is Cc1cc(C(=O)Nc2ccccc2C(=O)N2CC(C)CC(C)C2)cc(S(=O)(=O)N(C)C)c1C. The molecule has 1 heterocycles. The van der Waals surface area contributed by atoms with Gasteiger partial charge in [0.05, 0.1) is 16.1 Å². The molecule has 178 valence electrons. The molecule has 0 aromatic heterocycles. The maximum Gasteiger partial charge on any atom is 0.255 e. The van der Waals surface area contributed by atoms with E-state index in [4.69, 9.17) is 0 Å². The molecule has 1 aliphatic heterocycles. The zero-order chi connectivity index (χ0) is 24.5. The largest absolute Gasteiger partial charge is 0.338 e. The molecule has 2 amide bonds. The van der Waals surface area contributed by atoms with Crippen LogP contribution in [-0.2, 0) is 10.0 Å². The van der Waals surface area contributed by atoms with Crippen molar-refractivity contribution in [1.29, 1.82) is 0 Å². The normalized spacial score (nSPS) is 18.9. The number of carbonyl (C=O) groups excluding carboxylic acids is 2. The minimum Gasteiger partial charge on any atom is -0.338 e. The minimum atomic E-state index is -3.71. The minimum absolute atomic E-state index is 0.0957. The number of benzene rings is 2. The molecule has 0 spiro atoms. The summed E-state index contributed by atoms with van der Waals surface area (Å²) >= 11 is 0. The Labute approximate surface area is 196 Å². The fourth-order valence-electron chi connectivity index (χ4n) is 4.39. The van der Waals surface area contributed by atoms with Gasteiger partial charge in [-0.1, -0.05) is 26.0 Å². The first kappa shape index (κ1) is 24.9. The van der Waals surface area contributed by atoms with Crippen molar-refractivity contribution in [1.82, 2.24) is 9.21 Å². The van der Waals surface area contributed by atoms with Crippen LogP contribution < -0.4 is 5.32 Å². The summed E-state index contributed by atoms with van der Waals surface area (Å²) in [5, 5.41) is 2.83. The predicted octanol–water partition coefficient (Wildman–Crippen LogP) is 3.92. The molecule has 0 radical (unpaired) electrons. The third-order valence-corrected chi connectivity index (χ3v) is 8.14. The molecule has 0 aliphatic carbocycles. The van der Waals surface area contributed by atoms with Crippen molar-refractivity contribution in [3.05, 3.63) is 58.7 Å². The zero-order valence-corrected chi connectivity index (χ0v) is 21.0. The lowest BCUT2D eigenvalue weighted by molar-refractivity contribution is 0.0624. The van der Waals surface area contributed by atoms with Gasteiger partial charge >= 0.3 is 0 Å². The van der Waals surface area contributed by atoms with Gasteiger partial charge in [0, 0.05) is 32.7 Å². The summed E-state index contributed by atoms with van der Waals surface area (Å²) in [6.45, 7) is 9.16. The number of nitrogens with one attached hydrogen (secondary N) is 1. The van der Waals surface area contributed by atoms with Crippen molar-refractivity contribution < 1.29 is 18.0 Å². The first-order valence-corrected chi connectivity index (χ1v) is 12.6. The predicted molar refractivity (Wildman–Crippen MR) is 130 cm³/mol. The molecule has 8 heteroatoms. The number of rotatable bonds is 5. The summed E-state index contributed by atoms with van der Waals surface area (Å²) in [5.74, 6) is 0.272. The van der Waals surface area contributed by atoms with E-state index in [9.17, 15) is 18.0 Å². The highest BCUT2D eigenvalue weighted by Crippen LogP contribution is 2.27. The third kappa shape index (κ3) is 5.28. The molecule has 2 aromatic carbocycles. The smallest absolute Gasteiger partial charge is 0.255 e. The molecule has 1 saturated heterocycles. The van der Waals surface area contributed by atoms with Gasteiger partial charge in [-0.05, 0) is 67.5 Å². The molecular formula is C25H33N3O4S. The zero-order valence-electron chi connectivity index (χ0n) is 20.2. The summed E-state index contributed by atoms with van der Waals surface area (Å²) < 4.78 is 26.6. The van der Waals surface area contributed by atoms with E-state index in [2.05, 4.69) is 19.2 Å². The Balaban J connectivity index is 1.92. The second-order valence-corrected chi connectivity index (χ2v) is 11.5. The lowest BCUT2D eigenvalue weighted by atomic mass is 9.91. The standard InChI is InChI=1S/C25H33N3O4S/c1-16-11-17(2)15-28(14-16)25(30)21-9-7-8-10-22(21)26-24(29)20-12-18(3)19(4)23(13-20)33(31,32)27(5)6/h7-10,12-13,16-17H,11,14-15H2,1-6H3,(H,26,29). The summed E-state index contributed by atoms with van der Waals surface area (Å²) in [5.41, 5.74) is 2.36. The second kappa shape index (κ2) is 9.65. The van der Waals surface area contributed by atoms with Crippen LogP contribution in [0.4, 0.5) is 5.69 Å². The van der Waals surface area contributed by atoms with Gasteiger partial charge in [0.2, 0.25) is 10.0 Å². The average Bonchev–Trinajstić information content (AvgIpc) is 2.74. The highest BCUT2D eigenvalue weighted by atomic mass is 32.2. The number of nitrogens with zero attached hydrogens (tertiary/aromatic N) is 2. The number of piperidine rings is 1. The fourth-order valence-corrected chi connectivity index (χ4v) is 5.61. The van der Waals surface area contributed by atoms with Crippen molar-refractivity contribution in [2.75, 3.05) is 32.5 Å². The number of aryl methyl sites for hydroxylation is 1. The average molecular weight is 472 g/mol. The molecule has 0 saturated carbocycles. The number of amides is 2. The molecule has 2 aromatic rings. The van der Waals surface area contributed by atoms with Crippen LogP contribution in [0.2, 0.25) is 0 Å². The van der Waals surface area contributed by atoms with E-state index in [0.29, 0.717) is 47.3 Å². The first-order chi connectivity index (χ1) is 15.4. The van der Waals surface area contributed by atoms with Crippen LogP contribution in [0.3, 0.4) is 0 Å². The molecule has 1 aliphatic rings. The van der Waals surface area contributed by atoms with Gasteiger partial charge in [0.25, 0.3) is 11.8 Å². The molecule has 33 heavy (non-hydrogen) atoms. The van der Waals surface area contributed by atoms with E-state index in [1.54, 1.807) is 44.2 Å². The molecule has 1 fully saturated rings. The molecular weight excluding hydrogens is 438 g/mol. The van der Waals surface area contributed by atoms with E-state index in [1.807, 2.05) is 4.90 Å². The highest BCUT2D eigenvalue weighted by molar-refractivity contribution is 7.89. The van der Waals surface area contributed by atoms with Crippen LogP contribution in [0.1, 0.15) is 52.1 Å². The monoisotopic (exact) mass is 471 g/mol. The van der Waals surface area contributed by atoms with Gasteiger partial charge in [0.15, 0.2) is 0 Å². The molecule has 2 unspecified atom stereocenters. The topological polar surface area (TPSA) is 86.8 Å². The highest BCUT2D eigenvalue weighted by Gasteiger charge is 2.28. The summed E-state index contributed by atoms with van der Waals surface area (Å²) in [6, 6.07) is 10.0. The van der Waals surface area contributed by atoms with Crippen molar-refractivity contribution in [3.63, 3.8) is 0 Å². The summed E-state index contributed by atoms with van der Waals surface area (Å²) in [4.78, 5) is 28.4. The molecule has 2 atom stereocenters. The quantitative estimate of drug-likeness (QED) is 0.716. The van der Waals surface area contributed by atoms with Crippen LogP contribution in [0.25, 0.3) is 0 Å². The van der Waals surface area contributed by atoms with E-state index < -0.39 is 15.9 Å². The number of carbonyl (C=O) groups is 2. The van der Waals surface area contributed by atoms with Gasteiger partial charge in [-0.15, -0.1) is 0 Å². The molecule has 1 N–H and O–H groups in total. The number of para-hydroxylation sites is 1. The van der Waals surface area contributed by atoms with E-state index in [-0.39, 0.29) is 16.4 Å². The number of likely N-dealkylation sites (tertiary alicyclic amines) is 1. The van der Waals surface area contributed by atoms with E-state index >= 15 is 0 Å². The van der Waals surface area contributed by atoms with Crippen LogP contribution in [0.5, 0.6) is 0 Å². The molecule has 0 bridgehead atoms. The number of hydrogen-bond donors (Lipinski definition) is 1. The Hall–Kier alpha value is -2.71. The fraction of sp³-hybridized carbons (Fsp3) is 0.440. The Morgan fingerprint density at radius 1 is 1.03 bits per heavy atom. The Morgan fingerprint density at radius 3 is 2.24 bits per heavy atom. The Morgan fingerprint density at radius 2 is 1.64 bits per heavy atom. The van der Waals surface area contributed by atoms with Gasteiger partial charge in [0.1, 0.15) is 0 Å². The molecule has 7 nitrogen and oxygen atoms in total. The molecule has 3 rings (SSSR count). The lowest BCUT2D eigenvalue weighted by Crippen LogP contribution is -2.42. The Bertz CT molecular complexity index is 1160. The van der Waals surface area contributed by atoms with Crippen LogP contribution >= 0.6 is 0 Å². The summed E-state index contributed by atoms with van der Waals surface area (Å²) in [6.07, 6.45) is 1.09. The Kier molecular flexibility index (Phi) is 7.29. The van der Waals surface area contributed by atoms with Crippen molar-refractivity contribution in [2.24, 2.45) is 11.8 Å². The van der Waals surface area contributed by atoms with Crippen molar-refractivity contribution in [2.45, 2.75) is 39.0 Å². The van der Waals surface area contributed by atoms with Crippen molar-refractivity contribution >= 4 is 27.5 Å². The maximum atomic E-state index is 13.3. The first-order valence-electron chi connectivity index (χ1n) is 11.1. The second-order valence-electron chi connectivity index (χ2n) is 9.36. The van der Waals surface area contributed by atoms with Gasteiger partial charge in [-0.2, -0.15) is 0 Å². The van der Waals surface area contributed by atoms with Crippen LogP contribution in [0.15, 0.2) is 41.3 Å². The maximum absolute atomic E-state index is 13.3. The van der Waals surface area contributed by atoms with Crippen LogP contribution in [0, 0.1) is 25.7 Å². The van der Waals surface area contributed by atoms with Crippen molar-refractivity contribution in [3.8, 4) is 0 Å². The number of sulfonamides is 1. The van der Waals surface area contributed by atoms with Crippen LogP contribution in [-0.4, -0.2) is 56.6 Å². The van der Waals surface area contributed by atoms with Gasteiger partial charge in [-0.25, -0.2) is 12.7 Å². The number of anilines is 1. The number of hydrogen-bond acceptors (Lipinski definition) is 4.